The predicted molar refractivity (Wildman–Crippen MR) is 87.6 cm³/mol. The first kappa shape index (κ1) is 20.6. The molecule has 0 aliphatic rings. The first-order valence-electron chi connectivity index (χ1n) is 6.51. The molecule has 2 aromatic heterocycles. The van der Waals surface area contributed by atoms with Crippen LogP contribution in [0.25, 0.3) is 5.69 Å². The molecular formula is C13H8BrClF4N2O4S. The van der Waals surface area contributed by atoms with E-state index in [-0.39, 0.29) is 21.4 Å². The van der Waals surface area contributed by atoms with E-state index >= 15 is 0 Å². The lowest BCUT2D eigenvalue weighted by Gasteiger charge is -2.18. The van der Waals surface area contributed by atoms with E-state index < -0.39 is 37.8 Å². The van der Waals surface area contributed by atoms with E-state index in [0.29, 0.717) is 0 Å². The first-order valence-corrected chi connectivity index (χ1v) is 9.09. The van der Waals surface area contributed by atoms with Gasteiger partial charge < -0.3 is 4.18 Å². The first-order chi connectivity index (χ1) is 11.8. The average molecular weight is 480 g/mol. The molecule has 0 saturated heterocycles. The number of hydrogen-bond acceptors (Lipinski definition) is 5. The summed E-state index contributed by atoms with van der Waals surface area (Å²) >= 11 is 8.57. The van der Waals surface area contributed by atoms with Crippen LogP contribution in [0.1, 0.15) is 11.3 Å². The summed E-state index contributed by atoms with van der Waals surface area (Å²) in [6, 6.07) is 0. The van der Waals surface area contributed by atoms with Crippen molar-refractivity contribution in [2.45, 2.75) is 19.4 Å². The van der Waals surface area contributed by atoms with Crippen molar-refractivity contribution < 1.29 is 30.2 Å². The molecule has 0 aliphatic carbocycles. The summed E-state index contributed by atoms with van der Waals surface area (Å²) in [5.74, 6) is -1.94. The molecule has 0 atom stereocenters. The maximum atomic E-state index is 14.1. The van der Waals surface area contributed by atoms with Crippen LogP contribution in [0.5, 0.6) is 5.75 Å². The lowest BCUT2D eigenvalue weighted by molar-refractivity contribution is -0.0500. The quantitative estimate of drug-likeness (QED) is 0.382. The van der Waals surface area contributed by atoms with Crippen LogP contribution < -0.4 is 9.74 Å². The van der Waals surface area contributed by atoms with Crippen molar-refractivity contribution in [3.8, 4) is 11.4 Å². The van der Waals surface area contributed by atoms with Gasteiger partial charge in [-0.15, -0.1) is 0 Å². The maximum Gasteiger partial charge on any atom is 0.534 e. The van der Waals surface area contributed by atoms with Crippen LogP contribution in [-0.2, 0) is 10.1 Å². The van der Waals surface area contributed by atoms with Crippen molar-refractivity contribution in [1.29, 1.82) is 0 Å². The van der Waals surface area contributed by atoms with Gasteiger partial charge in [0.25, 0.3) is 5.56 Å². The molecule has 0 radical (unpaired) electrons. The fourth-order valence-corrected chi connectivity index (χ4v) is 3.44. The van der Waals surface area contributed by atoms with Gasteiger partial charge in [0.15, 0.2) is 16.6 Å². The van der Waals surface area contributed by atoms with Crippen LogP contribution in [0.2, 0.25) is 5.02 Å². The minimum absolute atomic E-state index is 0.139. The second-order valence-corrected chi connectivity index (χ2v) is 7.66. The van der Waals surface area contributed by atoms with E-state index in [1.807, 2.05) is 0 Å². The summed E-state index contributed by atoms with van der Waals surface area (Å²) in [4.78, 5) is 16.1. The van der Waals surface area contributed by atoms with Crippen molar-refractivity contribution in [3.63, 3.8) is 0 Å². The number of alkyl halides is 3. The van der Waals surface area contributed by atoms with Gasteiger partial charge in [0, 0.05) is 11.9 Å². The molecule has 0 amide bonds. The number of halogens is 6. The molecule has 2 aromatic rings. The molecule has 0 aliphatic heterocycles. The van der Waals surface area contributed by atoms with Gasteiger partial charge in [-0.2, -0.15) is 21.6 Å². The molecule has 142 valence electrons. The standard InChI is InChI=1S/C13H8BrClF4N2O4S/c1-5-3-20-4-7(16)10(5)21-6(2)8(14)11(9(15)12(21)22)25-26(23,24)13(17,18)19/h3-4H,1-2H3. The Balaban J connectivity index is 2.80. The van der Waals surface area contributed by atoms with Crippen molar-refractivity contribution in [2.75, 3.05) is 0 Å². The Morgan fingerprint density at radius 2 is 1.85 bits per heavy atom. The second-order valence-electron chi connectivity index (χ2n) is 4.95. The maximum absolute atomic E-state index is 14.1. The number of rotatable bonds is 3. The smallest absolute Gasteiger partial charge is 0.373 e. The van der Waals surface area contributed by atoms with Crippen LogP contribution in [0.4, 0.5) is 17.6 Å². The van der Waals surface area contributed by atoms with Gasteiger partial charge in [-0.1, -0.05) is 11.6 Å². The van der Waals surface area contributed by atoms with E-state index in [4.69, 9.17) is 11.6 Å². The van der Waals surface area contributed by atoms with Crippen LogP contribution in [0.15, 0.2) is 21.7 Å². The lowest BCUT2D eigenvalue weighted by Crippen LogP contribution is -2.30. The second kappa shape index (κ2) is 6.82. The number of nitrogens with zero attached hydrogens (tertiary/aromatic N) is 2. The molecule has 26 heavy (non-hydrogen) atoms. The SMILES string of the molecule is Cc1cncc(F)c1-n1c(C)c(Br)c(OS(=O)(=O)C(F)(F)F)c(Cl)c1=O. The highest BCUT2D eigenvalue weighted by Crippen LogP contribution is 2.38. The Morgan fingerprint density at radius 1 is 1.27 bits per heavy atom. The minimum Gasteiger partial charge on any atom is -0.373 e. The number of pyridine rings is 2. The summed E-state index contributed by atoms with van der Waals surface area (Å²) in [5, 5.41) is -0.981. The molecule has 6 nitrogen and oxygen atoms in total. The van der Waals surface area contributed by atoms with Crippen molar-refractivity contribution in [1.82, 2.24) is 9.55 Å². The summed E-state index contributed by atoms with van der Waals surface area (Å²) in [6.07, 6.45) is 2.08. The molecule has 0 fully saturated rings. The molecule has 0 saturated carbocycles. The molecule has 0 bridgehead atoms. The van der Waals surface area contributed by atoms with Gasteiger partial charge in [0.1, 0.15) is 0 Å². The monoisotopic (exact) mass is 478 g/mol. The fourth-order valence-electron chi connectivity index (χ4n) is 2.01. The fraction of sp³-hybridized carbons (Fsp3) is 0.231. The average Bonchev–Trinajstić information content (AvgIpc) is 2.51. The van der Waals surface area contributed by atoms with Gasteiger partial charge in [-0.05, 0) is 35.3 Å². The number of aryl methyl sites for hydroxylation is 1. The molecule has 0 spiro atoms. The van der Waals surface area contributed by atoms with Gasteiger partial charge >= 0.3 is 15.6 Å². The van der Waals surface area contributed by atoms with Gasteiger partial charge in [0.2, 0.25) is 0 Å². The van der Waals surface area contributed by atoms with Crippen molar-refractivity contribution in [3.05, 3.63) is 49.3 Å². The molecule has 0 N–H and O–H groups in total. The predicted octanol–water partition coefficient (Wildman–Crippen LogP) is 3.63. The topological polar surface area (TPSA) is 78.3 Å². The van der Waals surface area contributed by atoms with E-state index in [1.165, 1.54) is 20.0 Å². The van der Waals surface area contributed by atoms with Gasteiger partial charge in [0.05, 0.1) is 16.4 Å². The zero-order chi connectivity index (χ0) is 20.0. The third-order valence-corrected chi connectivity index (χ3v) is 5.42. The number of aromatic nitrogens is 2. The van der Waals surface area contributed by atoms with Gasteiger partial charge in [-0.3, -0.25) is 14.3 Å². The number of hydrogen-bond donors (Lipinski definition) is 0. The van der Waals surface area contributed by atoms with Crippen LogP contribution in [0, 0.1) is 19.7 Å². The third-order valence-electron chi connectivity index (χ3n) is 3.20. The summed E-state index contributed by atoms with van der Waals surface area (Å²) in [6.45, 7) is 2.67. The normalized spacial score (nSPS) is 12.3. The Kier molecular flexibility index (Phi) is 5.41. The summed E-state index contributed by atoms with van der Waals surface area (Å²) in [5.41, 5.74) is -7.05. The Labute approximate surface area is 157 Å². The third kappa shape index (κ3) is 3.45. The summed E-state index contributed by atoms with van der Waals surface area (Å²) in [7, 11) is -6.07. The molecule has 0 aromatic carbocycles. The van der Waals surface area contributed by atoms with E-state index in [2.05, 4.69) is 25.1 Å². The highest BCUT2D eigenvalue weighted by atomic mass is 79.9. The van der Waals surface area contributed by atoms with Crippen LogP contribution in [0.3, 0.4) is 0 Å². The van der Waals surface area contributed by atoms with E-state index in [1.54, 1.807) is 0 Å². The van der Waals surface area contributed by atoms with Crippen molar-refractivity contribution >= 4 is 37.6 Å². The van der Waals surface area contributed by atoms with E-state index in [0.717, 1.165) is 10.8 Å². The molecule has 13 heteroatoms. The molecule has 2 heterocycles. The van der Waals surface area contributed by atoms with E-state index in [9.17, 15) is 30.8 Å². The molecular weight excluding hydrogens is 472 g/mol. The summed E-state index contributed by atoms with van der Waals surface area (Å²) < 4.78 is 78.5. The van der Waals surface area contributed by atoms with Crippen molar-refractivity contribution in [2.24, 2.45) is 0 Å². The Hall–Kier alpha value is -1.66. The minimum atomic E-state index is -6.07. The Morgan fingerprint density at radius 3 is 2.35 bits per heavy atom. The van der Waals surface area contributed by atoms with Crippen LogP contribution >= 0.6 is 27.5 Å². The lowest BCUT2D eigenvalue weighted by atomic mass is 10.2. The van der Waals surface area contributed by atoms with Crippen LogP contribution in [-0.4, -0.2) is 23.5 Å². The Bertz CT molecular complexity index is 1030. The zero-order valence-corrected chi connectivity index (χ0v) is 16.0. The van der Waals surface area contributed by atoms with Gasteiger partial charge in [-0.25, -0.2) is 4.39 Å². The highest BCUT2D eigenvalue weighted by Gasteiger charge is 2.49. The zero-order valence-electron chi connectivity index (χ0n) is 12.9. The largest absolute Gasteiger partial charge is 0.534 e. The molecule has 0 unspecified atom stereocenters. The highest BCUT2D eigenvalue weighted by molar-refractivity contribution is 9.10. The molecule has 2 rings (SSSR count).